The average molecular weight is 299 g/mol. The van der Waals surface area contributed by atoms with Crippen LogP contribution in [0.1, 0.15) is 37.3 Å². The Morgan fingerprint density at radius 1 is 1.41 bits per heavy atom. The summed E-state index contributed by atoms with van der Waals surface area (Å²) >= 11 is 3.63. The fourth-order valence-electron chi connectivity index (χ4n) is 2.00. The van der Waals surface area contributed by atoms with Gasteiger partial charge in [0.05, 0.1) is 15.9 Å². The Balaban J connectivity index is 2.61. The molecule has 0 saturated carbocycles. The molecule has 0 aliphatic rings. The molecule has 0 amide bonds. The summed E-state index contributed by atoms with van der Waals surface area (Å²) < 4.78 is 15.4. The van der Waals surface area contributed by atoms with E-state index in [9.17, 15) is 4.39 Å². The van der Waals surface area contributed by atoms with Crippen molar-refractivity contribution in [2.45, 2.75) is 38.1 Å². The molecule has 1 heterocycles. The van der Waals surface area contributed by atoms with E-state index >= 15 is 0 Å². The largest absolute Gasteiger partial charge is 0.327 e. The topological polar surface area (TPSA) is 17.8 Å². The standard InChI is InChI=1S/C13H16BrFN2/c1-3-7-17-12-6-5-9(15)8-11(12)16-13(17)10(14)4-2/h5-6,8,10H,3-4,7H2,1-2H3. The zero-order valence-electron chi connectivity index (χ0n) is 10.1. The van der Waals surface area contributed by atoms with E-state index in [4.69, 9.17) is 0 Å². The molecule has 92 valence electrons. The Hall–Kier alpha value is -0.900. The van der Waals surface area contributed by atoms with Crippen LogP contribution < -0.4 is 0 Å². The summed E-state index contributed by atoms with van der Waals surface area (Å²) in [5.74, 6) is 0.766. The van der Waals surface area contributed by atoms with Gasteiger partial charge in [-0.15, -0.1) is 0 Å². The lowest BCUT2D eigenvalue weighted by Crippen LogP contribution is -2.04. The lowest BCUT2D eigenvalue weighted by atomic mass is 10.3. The van der Waals surface area contributed by atoms with Crippen molar-refractivity contribution in [2.75, 3.05) is 0 Å². The van der Waals surface area contributed by atoms with Crippen LogP contribution in [-0.2, 0) is 6.54 Å². The van der Waals surface area contributed by atoms with Crippen molar-refractivity contribution in [3.63, 3.8) is 0 Å². The second-order valence-corrected chi connectivity index (χ2v) is 5.24. The number of fused-ring (bicyclic) bond motifs is 1. The molecule has 1 atom stereocenters. The van der Waals surface area contributed by atoms with Crippen molar-refractivity contribution in [3.8, 4) is 0 Å². The summed E-state index contributed by atoms with van der Waals surface area (Å²) in [7, 11) is 0. The van der Waals surface area contributed by atoms with E-state index in [0.29, 0.717) is 0 Å². The Morgan fingerprint density at radius 2 is 2.18 bits per heavy atom. The molecule has 2 nitrogen and oxygen atoms in total. The zero-order valence-corrected chi connectivity index (χ0v) is 11.7. The number of alkyl halides is 1. The molecule has 0 aliphatic heterocycles. The van der Waals surface area contributed by atoms with Crippen LogP contribution in [0.2, 0.25) is 0 Å². The molecule has 0 spiro atoms. The van der Waals surface area contributed by atoms with E-state index in [1.807, 2.05) is 6.07 Å². The monoisotopic (exact) mass is 298 g/mol. The number of rotatable bonds is 4. The smallest absolute Gasteiger partial charge is 0.125 e. The van der Waals surface area contributed by atoms with Gasteiger partial charge >= 0.3 is 0 Å². The molecular formula is C13H16BrFN2. The first-order chi connectivity index (χ1) is 8.17. The summed E-state index contributed by atoms with van der Waals surface area (Å²) in [6, 6.07) is 4.81. The maximum Gasteiger partial charge on any atom is 0.125 e. The first-order valence-electron chi connectivity index (χ1n) is 5.97. The third-order valence-corrected chi connectivity index (χ3v) is 3.88. The van der Waals surface area contributed by atoms with Crippen LogP contribution in [0.5, 0.6) is 0 Å². The Kier molecular flexibility index (Phi) is 3.82. The van der Waals surface area contributed by atoms with Crippen LogP contribution >= 0.6 is 15.9 Å². The van der Waals surface area contributed by atoms with Crippen LogP contribution in [0, 0.1) is 5.82 Å². The van der Waals surface area contributed by atoms with E-state index < -0.39 is 0 Å². The predicted octanol–water partition coefficient (Wildman–Crippen LogP) is 4.43. The third-order valence-electron chi connectivity index (χ3n) is 2.83. The van der Waals surface area contributed by atoms with E-state index in [0.717, 1.165) is 36.2 Å². The van der Waals surface area contributed by atoms with Gasteiger partial charge in [-0.25, -0.2) is 9.37 Å². The van der Waals surface area contributed by atoms with Crippen molar-refractivity contribution < 1.29 is 4.39 Å². The molecule has 17 heavy (non-hydrogen) atoms. The predicted molar refractivity (Wildman–Crippen MR) is 71.9 cm³/mol. The molecule has 1 aromatic heterocycles. The molecule has 0 N–H and O–H groups in total. The molecule has 2 aromatic rings. The van der Waals surface area contributed by atoms with Gasteiger partial charge in [-0.3, -0.25) is 0 Å². The van der Waals surface area contributed by atoms with Crippen LogP contribution in [0.15, 0.2) is 18.2 Å². The van der Waals surface area contributed by atoms with Crippen molar-refractivity contribution in [1.82, 2.24) is 9.55 Å². The number of hydrogen-bond acceptors (Lipinski definition) is 1. The number of benzene rings is 1. The summed E-state index contributed by atoms with van der Waals surface area (Å²) in [5.41, 5.74) is 1.76. The van der Waals surface area contributed by atoms with E-state index in [1.54, 1.807) is 0 Å². The number of aryl methyl sites for hydroxylation is 1. The summed E-state index contributed by atoms with van der Waals surface area (Å²) in [4.78, 5) is 4.77. The van der Waals surface area contributed by atoms with Gasteiger partial charge < -0.3 is 4.57 Å². The maximum absolute atomic E-state index is 13.2. The normalized spacial score (nSPS) is 13.2. The van der Waals surface area contributed by atoms with Crippen LogP contribution in [0.3, 0.4) is 0 Å². The molecule has 4 heteroatoms. The molecule has 0 saturated heterocycles. The van der Waals surface area contributed by atoms with Crippen LogP contribution in [0.4, 0.5) is 4.39 Å². The second-order valence-electron chi connectivity index (χ2n) is 4.13. The Bertz CT molecular complexity index is 521. The molecule has 1 aromatic carbocycles. The first-order valence-corrected chi connectivity index (χ1v) is 6.88. The maximum atomic E-state index is 13.2. The third kappa shape index (κ3) is 2.37. The summed E-state index contributed by atoms with van der Waals surface area (Å²) in [6.07, 6.45) is 2.01. The minimum absolute atomic E-state index is 0.226. The van der Waals surface area contributed by atoms with Crippen LogP contribution in [0.25, 0.3) is 11.0 Å². The minimum Gasteiger partial charge on any atom is -0.327 e. The van der Waals surface area contributed by atoms with Crippen molar-refractivity contribution >= 4 is 27.0 Å². The fraction of sp³-hybridized carbons (Fsp3) is 0.462. The highest BCUT2D eigenvalue weighted by Crippen LogP contribution is 2.29. The number of halogens is 2. The molecule has 1 unspecified atom stereocenters. The van der Waals surface area contributed by atoms with Gasteiger partial charge in [-0.1, -0.05) is 29.8 Å². The molecule has 2 rings (SSSR count). The number of aromatic nitrogens is 2. The van der Waals surface area contributed by atoms with Gasteiger partial charge in [0.1, 0.15) is 11.6 Å². The highest BCUT2D eigenvalue weighted by Gasteiger charge is 2.16. The van der Waals surface area contributed by atoms with Gasteiger partial charge in [0.15, 0.2) is 0 Å². The van der Waals surface area contributed by atoms with Gasteiger partial charge in [0.2, 0.25) is 0 Å². The van der Waals surface area contributed by atoms with Crippen LogP contribution in [-0.4, -0.2) is 9.55 Å². The second kappa shape index (κ2) is 5.17. The average Bonchev–Trinajstić information content (AvgIpc) is 2.67. The minimum atomic E-state index is -0.229. The summed E-state index contributed by atoms with van der Waals surface area (Å²) in [5, 5.41) is 0. The SMILES string of the molecule is CCCn1c(C(Br)CC)nc2cc(F)ccc21. The van der Waals surface area contributed by atoms with Gasteiger partial charge in [0, 0.05) is 12.6 Å². The lowest BCUT2D eigenvalue weighted by Gasteiger charge is -2.10. The van der Waals surface area contributed by atoms with Crippen molar-refractivity contribution in [1.29, 1.82) is 0 Å². The lowest BCUT2D eigenvalue weighted by molar-refractivity contribution is 0.628. The van der Waals surface area contributed by atoms with E-state index in [2.05, 4.69) is 39.3 Å². The zero-order chi connectivity index (χ0) is 12.4. The van der Waals surface area contributed by atoms with Gasteiger partial charge in [-0.2, -0.15) is 0 Å². The first kappa shape index (κ1) is 12.6. The van der Waals surface area contributed by atoms with Crippen molar-refractivity contribution in [3.05, 3.63) is 29.8 Å². The quantitative estimate of drug-likeness (QED) is 0.764. The van der Waals surface area contributed by atoms with Gasteiger partial charge in [-0.05, 0) is 25.0 Å². The number of imidazole rings is 1. The Morgan fingerprint density at radius 3 is 2.82 bits per heavy atom. The van der Waals surface area contributed by atoms with Crippen molar-refractivity contribution in [2.24, 2.45) is 0 Å². The number of nitrogens with zero attached hydrogens (tertiary/aromatic N) is 2. The van der Waals surface area contributed by atoms with E-state index in [1.165, 1.54) is 12.1 Å². The molecule has 0 fully saturated rings. The molecule has 0 aliphatic carbocycles. The molecule has 0 radical (unpaired) electrons. The fourth-order valence-corrected chi connectivity index (χ4v) is 2.35. The Labute approximate surface area is 109 Å². The highest BCUT2D eigenvalue weighted by atomic mass is 79.9. The molecular weight excluding hydrogens is 283 g/mol. The number of hydrogen-bond donors (Lipinski definition) is 0. The highest BCUT2D eigenvalue weighted by molar-refractivity contribution is 9.09. The summed E-state index contributed by atoms with van der Waals surface area (Å²) in [6.45, 7) is 5.16. The van der Waals surface area contributed by atoms with E-state index in [-0.39, 0.29) is 10.6 Å². The molecule has 0 bridgehead atoms. The van der Waals surface area contributed by atoms with Gasteiger partial charge in [0.25, 0.3) is 0 Å².